The number of pyridine rings is 1. The van der Waals surface area contributed by atoms with Crippen LogP contribution in [0.3, 0.4) is 0 Å². The quantitative estimate of drug-likeness (QED) is 0.529. The Balaban J connectivity index is 1.43. The maximum Gasteiger partial charge on any atom is 0.248 e. The molecule has 2 aliphatic rings. The highest BCUT2D eigenvalue weighted by Crippen LogP contribution is 2.22. The molecule has 1 atom stereocenters. The second-order valence-corrected chi connectivity index (χ2v) is 7.88. The molecule has 3 rings (SSSR count). The maximum atomic E-state index is 12.1. The Labute approximate surface area is 158 Å². The van der Waals surface area contributed by atoms with Gasteiger partial charge in [0, 0.05) is 38.1 Å². The van der Waals surface area contributed by atoms with Crippen LogP contribution in [0.2, 0.25) is 5.15 Å². The summed E-state index contributed by atoms with van der Waals surface area (Å²) in [7, 11) is 0. The number of unbranched alkanes of at least 4 members (excludes halogenated alkanes) is 1. The number of hydrogen-bond donors (Lipinski definition) is 0. The third-order valence-corrected chi connectivity index (χ3v) is 5.65. The van der Waals surface area contributed by atoms with E-state index in [2.05, 4.69) is 14.9 Å². The summed E-state index contributed by atoms with van der Waals surface area (Å²) >= 11 is 7.47. The van der Waals surface area contributed by atoms with Gasteiger partial charge < -0.3 is 9.64 Å². The molecule has 0 spiro atoms. The lowest BCUT2D eigenvalue weighted by molar-refractivity contribution is -0.117. The summed E-state index contributed by atoms with van der Waals surface area (Å²) in [6, 6.07) is 3.75. The number of carbonyl (C=O) groups is 1. The number of carbonyl (C=O) groups excluding carboxylic acids is 1. The normalized spacial score (nSPS) is 22.0. The first-order valence-corrected chi connectivity index (χ1v) is 10.3. The fourth-order valence-corrected chi connectivity index (χ4v) is 4.20. The van der Waals surface area contributed by atoms with E-state index in [1.165, 1.54) is 12.8 Å². The van der Waals surface area contributed by atoms with E-state index in [-0.39, 0.29) is 5.91 Å². The summed E-state index contributed by atoms with van der Waals surface area (Å²) in [5.41, 5.74) is 1.07. The lowest BCUT2D eigenvalue weighted by Crippen LogP contribution is -2.24. The lowest BCUT2D eigenvalue weighted by atomic mass is 10.1. The number of amides is 1. The molecule has 3 heterocycles. The Hall–Kier alpha value is -1.11. The fourth-order valence-electron chi connectivity index (χ4n) is 3.09. The lowest BCUT2D eigenvalue weighted by Gasteiger charge is -2.17. The number of amidine groups is 1. The minimum atomic E-state index is -0.0176. The van der Waals surface area contributed by atoms with Crippen LogP contribution in [0.4, 0.5) is 0 Å². The van der Waals surface area contributed by atoms with E-state index < -0.39 is 0 Å². The number of thioether (sulfide) groups is 1. The molecule has 7 heteroatoms. The molecule has 1 amide bonds. The Morgan fingerprint density at radius 1 is 1.44 bits per heavy atom. The van der Waals surface area contributed by atoms with E-state index >= 15 is 0 Å². The van der Waals surface area contributed by atoms with E-state index in [0.29, 0.717) is 24.2 Å². The highest BCUT2D eigenvalue weighted by atomic mass is 35.5. The first kappa shape index (κ1) is 18.7. The van der Waals surface area contributed by atoms with Gasteiger partial charge in [-0.1, -0.05) is 35.9 Å². The zero-order chi connectivity index (χ0) is 17.5. The summed E-state index contributed by atoms with van der Waals surface area (Å²) in [5, 5.41) is 1.32. The Morgan fingerprint density at radius 3 is 3.12 bits per heavy atom. The molecule has 0 radical (unpaired) electrons. The van der Waals surface area contributed by atoms with Gasteiger partial charge in [-0.15, -0.1) is 0 Å². The first-order chi connectivity index (χ1) is 12.2. The number of aromatic nitrogens is 1. The van der Waals surface area contributed by atoms with Gasteiger partial charge in [0.25, 0.3) is 0 Å². The SMILES string of the molecule is O=C(CCCCC1CCCO1)N=C1SCCN1Cc1ccc(Cl)nc1. The first-order valence-electron chi connectivity index (χ1n) is 8.92. The molecule has 0 aliphatic carbocycles. The van der Waals surface area contributed by atoms with Crippen molar-refractivity contribution in [2.24, 2.45) is 4.99 Å². The summed E-state index contributed by atoms with van der Waals surface area (Å²) < 4.78 is 5.61. The van der Waals surface area contributed by atoms with Crippen molar-refractivity contribution in [2.75, 3.05) is 18.9 Å². The van der Waals surface area contributed by atoms with Crippen LogP contribution in [-0.2, 0) is 16.1 Å². The number of ether oxygens (including phenoxy) is 1. The van der Waals surface area contributed by atoms with Gasteiger partial charge in [0.15, 0.2) is 5.17 Å². The van der Waals surface area contributed by atoms with Crippen molar-refractivity contribution in [2.45, 2.75) is 51.2 Å². The molecule has 0 aromatic carbocycles. The van der Waals surface area contributed by atoms with Crippen molar-refractivity contribution in [3.05, 3.63) is 29.0 Å². The molecule has 2 fully saturated rings. The number of halogens is 1. The predicted molar refractivity (Wildman–Crippen MR) is 102 cm³/mol. The topological polar surface area (TPSA) is 54.8 Å². The number of nitrogens with zero attached hydrogens (tertiary/aromatic N) is 3. The van der Waals surface area contributed by atoms with E-state index in [4.69, 9.17) is 16.3 Å². The smallest absolute Gasteiger partial charge is 0.248 e. The highest BCUT2D eigenvalue weighted by Gasteiger charge is 2.21. The highest BCUT2D eigenvalue weighted by molar-refractivity contribution is 8.14. The standard InChI is InChI=1S/C18H24ClN3O2S/c19-16-8-7-14(12-20-16)13-22-9-11-25-18(22)21-17(23)6-2-1-4-15-5-3-10-24-15/h7-8,12,15H,1-6,9-11,13H2. The van der Waals surface area contributed by atoms with Gasteiger partial charge in [0.05, 0.1) is 6.10 Å². The van der Waals surface area contributed by atoms with Gasteiger partial charge in [-0.2, -0.15) is 4.99 Å². The van der Waals surface area contributed by atoms with Crippen molar-refractivity contribution in [1.82, 2.24) is 9.88 Å². The van der Waals surface area contributed by atoms with Crippen molar-refractivity contribution < 1.29 is 9.53 Å². The van der Waals surface area contributed by atoms with Crippen molar-refractivity contribution in [3.63, 3.8) is 0 Å². The largest absolute Gasteiger partial charge is 0.378 e. The van der Waals surface area contributed by atoms with E-state index in [9.17, 15) is 4.79 Å². The van der Waals surface area contributed by atoms with Crippen LogP contribution in [0, 0.1) is 0 Å². The molecule has 2 saturated heterocycles. The summed E-state index contributed by atoms with van der Waals surface area (Å²) in [5.74, 6) is 0.947. The minimum absolute atomic E-state index is 0.0176. The Kier molecular flexibility index (Phi) is 7.13. The number of rotatable bonds is 7. The molecule has 0 N–H and O–H groups in total. The van der Waals surface area contributed by atoms with E-state index in [1.54, 1.807) is 24.0 Å². The molecule has 1 aromatic heterocycles. The van der Waals surface area contributed by atoms with Gasteiger partial charge >= 0.3 is 0 Å². The summed E-state index contributed by atoms with van der Waals surface area (Å²) in [6.45, 7) is 2.51. The van der Waals surface area contributed by atoms with Crippen molar-refractivity contribution in [1.29, 1.82) is 0 Å². The number of hydrogen-bond acceptors (Lipinski definition) is 4. The molecule has 1 unspecified atom stereocenters. The second-order valence-electron chi connectivity index (χ2n) is 6.43. The molecule has 1 aromatic rings. The Morgan fingerprint density at radius 2 is 2.36 bits per heavy atom. The fraction of sp³-hybridized carbons (Fsp3) is 0.611. The Bertz CT molecular complexity index is 603. The molecule has 0 saturated carbocycles. The van der Waals surface area contributed by atoms with Crippen LogP contribution in [0.25, 0.3) is 0 Å². The van der Waals surface area contributed by atoms with Crippen LogP contribution in [0.1, 0.15) is 44.1 Å². The minimum Gasteiger partial charge on any atom is -0.378 e. The third-order valence-electron chi connectivity index (χ3n) is 4.44. The van der Waals surface area contributed by atoms with Crippen LogP contribution >= 0.6 is 23.4 Å². The van der Waals surface area contributed by atoms with Gasteiger partial charge in [-0.3, -0.25) is 4.79 Å². The third kappa shape index (κ3) is 5.97. The van der Waals surface area contributed by atoms with Gasteiger partial charge in [0.2, 0.25) is 5.91 Å². The number of aliphatic imine (C=N–C) groups is 1. The monoisotopic (exact) mass is 381 g/mol. The van der Waals surface area contributed by atoms with E-state index in [0.717, 1.165) is 48.9 Å². The van der Waals surface area contributed by atoms with Crippen LogP contribution in [0.5, 0.6) is 0 Å². The molecule has 5 nitrogen and oxygen atoms in total. The summed E-state index contributed by atoms with van der Waals surface area (Å²) in [4.78, 5) is 22.7. The molecular formula is C18H24ClN3O2S. The second kappa shape index (κ2) is 9.55. The summed E-state index contributed by atoms with van der Waals surface area (Å²) in [6.07, 6.45) is 8.04. The molecular weight excluding hydrogens is 358 g/mol. The average Bonchev–Trinajstić information content (AvgIpc) is 3.26. The molecule has 2 aliphatic heterocycles. The van der Waals surface area contributed by atoms with Gasteiger partial charge in [0.1, 0.15) is 5.15 Å². The average molecular weight is 382 g/mol. The zero-order valence-corrected chi connectivity index (χ0v) is 15.9. The maximum absolute atomic E-state index is 12.1. The predicted octanol–water partition coefficient (Wildman–Crippen LogP) is 3.91. The van der Waals surface area contributed by atoms with Crippen LogP contribution in [0.15, 0.2) is 23.3 Å². The van der Waals surface area contributed by atoms with Gasteiger partial charge in [-0.25, -0.2) is 4.98 Å². The zero-order valence-electron chi connectivity index (χ0n) is 14.3. The van der Waals surface area contributed by atoms with Crippen LogP contribution in [-0.4, -0.2) is 46.0 Å². The van der Waals surface area contributed by atoms with Gasteiger partial charge in [-0.05, 0) is 37.3 Å². The van der Waals surface area contributed by atoms with Crippen LogP contribution < -0.4 is 0 Å². The van der Waals surface area contributed by atoms with Crippen molar-refractivity contribution in [3.8, 4) is 0 Å². The van der Waals surface area contributed by atoms with Crippen molar-refractivity contribution >= 4 is 34.4 Å². The van der Waals surface area contributed by atoms with E-state index in [1.807, 2.05) is 6.07 Å². The molecule has 136 valence electrons. The molecule has 0 bridgehead atoms. The molecule has 25 heavy (non-hydrogen) atoms.